The SMILES string of the molecule is CC(C)c1ccc2c(c1)c1ccccc1n2C(C)C. The van der Waals surface area contributed by atoms with E-state index in [9.17, 15) is 0 Å². The Balaban J connectivity index is 2.45. The van der Waals surface area contributed by atoms with Crippen molar-refractivity contribution in [1.82, 2.24) is 4.57 Å². The van der Waals surface area contributed by atoms with E-state index < -0.39 is 0 Å². The minimum absolute atomic E-state index is 0.479. The van der Waals surface area contributed by atoms with E-state index in [-0.39, 0.29) is 0 Å². The zero-order valence-corrected chi connectivity index (χ0v) is 12.1. The predicted octanol–water partition coefficient (Wildman–Crippen LogP) is 5.50. The lowest BCUT2D eigenvalue weighted by Crippen LogP contribution is -1.99. The highest BCUT2D eigenvalue weighted by Crippen LogP contribution is 2.33. The molecule has 1 heterocycles. The first-order valence-corrected chi connectivity index (χ1v) is 7.12. The first-order valence-electron chi connectivity index (χ1n) is 7.12. The fourth-order valence-electron chi connectivity index (χ4n) is 2.94. The lowest BCUT2D eigenvalue weighted by atomic mass is 10.0. The second-order valence-electron chi connectivity index (χ2n) is 5.91. The molecule has 3 aromatic rings. The molecule has 0 fully saturated rings. The van der Waals surface area contributed by atoms with E-state index in [0.717, 1.165) is 0 Å². The first-order chi connectivity index (χ1) is 9.09. The third-order valence-corrected chi connectivity index (χ3v) is 3.92. The second kappa shape index (κ2) is 4.41. The molecule has 0 atom stereocenters. The van der Waals surface area contributed by atoms with Gasteiger partial charge in [0.1, 0.15) is 0 Å². The van der Waals surface area contributed by atoms with Crippen LogP contribution in [0.3, 0.4) is 0 Å². The van der Waals surface area contributed by atoms with Gasteiger partial charge in [-0.2, -0.15) is 0 Å². The molecule has 3 rings (SSSR count). The van der Waals surface area contributed by atoms with Gasteiger partial charge in [-0.1, -0.05) is 38.1 Å². The monoisotopic (exact) mass is 251 g/mol. The molecule has 98 valence electrons. The maximum absolute atomic E-state index is 2.44. The molecule has 0 amide bonds. The van der Waals surface area contributed by atoms with Crippen molar-refractivity contribution in [2.75, 3.05) is 0 Å². The zero-order valence-electron chi connectivity index (χ0n) is 12.1. The molecule has 0 spiro atoms. The number of hydrogen-bond acceptors (Lipinski definition) is 0. The van der Waals surface area contributed by atoms with E-state index in [1.54, 1.807) is 0 Å². The number of nitrogens with zero attached hydrogens (tertiary/aromatic N) is 1. The molecular formula is C18H21N. The van der Waals surface area contributed by atoms with Gasteiger partial charge in [-0.15, -0.1) is 0 Å². The van der Waals surface area contributed by atoms with Crippen LogP contribution in [-0.2, 0) is 0 Å². The summed E-state index contributed by atoms with van der Waals surface area (Å²) in [5, 5.41) is 2.75. The van der Waals surface area contributed by atoms with Gasteiger partial charge in [0.05, 0.1) is 0 Å². The Kier molecular flexibility index (Phi) is 2.85. The average Bonchev–Trinajstić information content (AvgIpc) is 2.72. The van der Waals surface area contributed by atoms with Crippen molar-refractivity contribution in [3.8, 4) is 0 Å². The summed E-state index contributed by atoms with van der Waals surface area (Å²) in [6, 6.07) is 16.1. The van der Waals surface area contributed by atoms with E-state index >= 15 is 0 Å². The highest BCUT2D eigenvalue weighted by molar-refractivity contribution is 6.08. The number of aromatic nitrogens is 1. The largest absolute Gasteiger partial charge is 0.338 e. The van der Waals surface area contributed by atoms with Gasteiger partial charge in [-0.05, 0) is 43.5 Å². The van der Waals surface area contributed by atoms with Crippen molar-refractivity contribution in [1.29, 1.82) is 0 Å². The van der Waals surface area contributed by atoms with Crippen LogP contribution < -0.4 is 0 Å². The molecule has 0 saturated carbocycles. The number of para-hydroxylation sites is 1. The Hall–Kier alpha value is -1.76. The van der Waals surface area contributed by atoms with Crippen molar-refractivity contribution < 1.29 is 0 Å². The van der Waals surface area contributed by atoms with Crippen LogP contribution in [0.5, 0.6) is 0 Å². The van der Waals surface area contributed by atoms with Crippen molar-refractivity contribution in [2.24, 2.45) is 0 Å². The summed E-state index contributed by atoms with van der Waals surface area (Å²) < 4.78 is 2.44. The Labute approximate surface area is 114 Å². The summed E-state index contributed by atoms with van der Waals surface area (Å²) >= 11 is 0. The van der Waals surface area contributed by atoms with Crippen LogP contribution in [-0.4, -0.2) is 4.57 Å². The van der Waals surface area contributed by atoms with Crippen LogP contribution in [0, 0.1) is 0 Å². The van der Waals surface area contributed by atoms with Gasteiger partial charge < -0.3 is 4.57 Å². The first kappa shape index (κ1) is 12.3. The Morgan fingerprint density at radius 1 is 0.789 bits per heavy atom. The summed E-state index contributed by atoms with van der Waals surface area (Å²) in [5.74, 6) is 0.575. The maximum atomic E-state index is 2.44. The van der Waals surface area contributed by atoms with Gasteiger partial charge in [-0.3, -0.25) is 0 Å². The molecule has 2 aromatic carbocycles. The molecule has 1 heteroatoms. The minimum atomic E-state index is 0.479. The summed E-state index contributed by atoms with van der Waals surface area (Å²) in [4.78, 5) is 0. The predicted molar refractivity (Wildman–Crippen MR) is 83.9 cm³/mol. The molecule has 0 bridgehead atoms. The summed E-state index contributed by atoms with van der Waals surface area (Å²) in [5.41, 5.74) is 4.10. The number of fused-ring (bicyclic) bond motifs is 3. The standard InChI is InChI=1S/C18H21N/c1-12(2)14-9-10-18-16(11-14)15-7-5-6-8-17(15)19(18)13(3)4/h5-13H,1-4H3. The molecule has 0 aliphatic rings. The molecule has 1 nitrogen and oxygen atoms in total. The minimum Gasteiger partial charge on any atom is -0.338 e. The van der Waals surface area contributed by atoms with Crippen LogP contribution in [0.15, 0.2) is 42.5 Å². The lowest BCUT2D eigenvalue weighted by Gasteiger charge is -2.12. The third kappa shape index (κ3) is 1.85. The molecule has 0 aliphatic carbocycles. The molecule has 0 aliphatic heterocycles. The summed E-state index contributed by atoms with van der Waals surface area (Å²) in [7, 11) is 0. The lowest BCUT2D eigenvalue weighted by molar-refractivity contribution is 0.642. The molecule has 0 saturated heterocycles. The van der Waals surface area contributed by atoms with Gasteiger partial charge in [0, 0.05) is 27.8 Å². The third-order valence-electron chi connectivity index (χ3n) is 3.92. The second-order valence-corrected chi connectivity index (χ2v) is 5.91. The molecule has 0 N–H and O–H groups in total. The van der Waals surface area contributed by atoms with Crippen LogP contribution in [0.4, 0.5) is 0 Å². The normalized spacial score (nSPS) is 12.1. The van der Waals surface area contributed by atoms with Gasteiger partial charge in [0.25, 0.3) is 0 Å². The van der Waals surface area contributed by atoms with Crippen LogP contribution in [0.1, 0.15) is 45.2 Å². The zero-order chi connectivity index (χ0) is 13.6. The van der Waals surface area contributed by atoms with Crippen molar-refractivity contribution >= 4 is 21.8 Å². The van der Waals surface area contributed by atoms with E-state index in [4.69, 9.17) is 0 Å². The van der Waals surface area contributed by atoms with Crippen LogP contribution in [0.25, 0.3) is 21.8 Å². The summed E-state index contributed by atoms with van der Waals surface area (Å²) in [6.45, 7) is 9.01. The molecule has 1 aromatic heterocycles. The topological polar surface area (TPSA) is 4.93 Å². The fourth-order valence-corrected chi connectivity index (χ4v) is 2.94. The van der Waals surface area contributed by atoms with Crippen molar-refractivity contribution in [3.63, 3.8) is 0 Å². The molecule has 19 heavy (non-hydrogen) atoms. The highest BCUT2D eigenvalue weighted by Gasteiger charge is 2.13. The van der Waals surface area contributed by atoms with Crippen LogP contribution >= 0.6 is 0 Å². The Morgan fingerprint density at radius 2 is 1.47 bits per heavy atom. The van der Waals surface area contributed by atoms with E-state index in [0.29, 0.717) is 12.0 Å². The number of benzene rings is 2. The van der Waals surface area contributed by atoms with Crippen molar-refractivity contribution in [3.05, 3.63) is 48.0 Å². The molecular weight excluding hydrogens is 230 g/mol. The van der Waals surface area contributed by atoms with Crippen molar-refractivity contribution in [2.45, 2.75) is 39.7 Å². The Morgan fingerprint density at radius 3 is 2.16 bits per heavy atom. The van der Waals surface area contributed by atoms with Gasteiger partial charge in [0.15, 0.2) is 0 Å². The maximum Gasteiger partial charge on any atom is 0.0493 e. The van der Waals surface area contributed by atoms with Gasteiger partial charge >= 0.3 is 0 Å². The molecule has 0 unspecified atom stereocenters. The average molecular weight is 251 g/mol. The highest BCUT2D eigenvalue weighted by atomic mass is 15.0. The van der Waals surface area contributed by atoms with E-state index in [2.05, 4.69) is 74.7 Å². The quantitative estimate of drug-likeness (QED) is 0.567. The molecule has 0 radical (unpaired) electrons. The Bertz CT molecular complexity index is 732. The smallest absolute Gasteiger partial charge is 0.0493 e. The van der Waals surface area contributed by atoms with E-state index in [1.807, 2.05) is 0 Å². The van der Waals surface area contributed by atoms with Gasteiger partial charge in [-0.25, -0.2) is 0 Å². The number of hydrogen-bond donors (Lipinski definition) is 0. The summed E-state index contributed by atoms with van der Waals surface area (Å²) in [6.07, 6.45) is 0. The van der Waals surface area contributed by atoms with Gasteiger partial charge in [0.2, 0.25) is 0 Å². The fraction of sp³-hybridized carbons (Fsp3) is 0.333. The van der Waals surface area contributed by atoms with Crippen LogP contribution in [0.2, 0.25) is 0 Å². The van der Waals surface area contributed by atoms with E-state index in [1.165, 1.54) is 27.4 Å². The number of rotatable bonds is 2.